The van der Waals surface area contributed by atoms with E-state index in [1.54, 1.807) is 13.2 Å². The zero-order valence-electron chi connectivity index (χ0n) is 18.9. The van der Waals surface area contributed by atoms with Crippen LogP contribution in [0.15, 0.2) is 23.2 Å². The molecule has 0 amide bonds. The second-order valence-corrected chi connectivity index (χ2v) is 10.1. The van der Waals surface area contributed by atoms with Gasteiger partial charge in [0.2, 0.25) is 0 Å². The number of carbonyl (C=O) groups excluding carboxylic acids is 1. The lowest BCUT2D eigenvalue weighted by molar-refractivity contribution is -0.274. The molecule has 3 atom stereocenters. The number of fused-ring (bicyclic) bond motifs is 3. The molecule has 3 aliphatic rings. The quantitative estimate of drug-likeness (QED) is 0.552. The Morgan fingerprint density at radius 3 is 2.50 bits per heavy atom. The standard InChI is InChI=1S/C24H30F3NO3S/c1-5-18-14(2)21(32-4)28-23(20(18)29)19-12-17(31-24(25,26)27)7-6-15(19)13-22(23)10-8-16(30-3)9-11-22/h6-7,12,14,16,18H,5,8-11,13H2,1-4H3. The zero-order chi connectivity index (χ0) is 23.3. The Hall–Kier alpha value is -1.54. The summed E-state index contributed by atoms with van der Waals surface area (Å²) in [5.41, 5.74) is -0.126. The first-order valence-corrected chi connectivity index (χ1v) is 12.4. The molecule has 0 aromatic heterocycles. The van der Waals surface area contributed by atoms with E-state index in [4.69, 9.17) is 9.73 Å². The molecule has 176 valence electrons. The van der Waals surface area contributed by atoms with Crippen LogP contribution in [0.4, 0.5) is 13.2 Å². The summed E-state index contributed by atoms with van der Waals surface area (Å²) in [5, 5.41) is 0.902. The van der Waals surface area contributed by atoms with Crippen molar-refractivity contribution in [1.82, 2.24) is 0 Å². The number of benzene rings is 1. The third-order valence-electron chi connectivity index (χ3n) is 7.84. The van der Waals surface area contributed by atoms with Crippen LogP contribution >= 0.6 is 11.8 Å². The molecule has 0 radical (unpaired) electrons. The summed E-state index contributed by atoms with van der Waals surface area (Å²) in [4.78, 5) is 19.4. The summed E-state index contributed by atoms with van der Waals surface area (Å²) in [5.74, 6) is -0.466. The van der Waals surface area contributed by atoms with Gasteiger partial charge in [-0.05, 0) is 68.0 Å². The van der Waals surface area contributed by atoms with E-state index in [0.717, 1.165) is 36.3 Å². The van der Waals surface area contributed by atoms with Crippen molar-refractivity contribution in [3.8, 4) is 5.75 Å². The normalized spacial score (nSPS) is 34.7. The van der Waals surface area contributed by atoms with E-state index in [1.807, 2.05) is 20.1 Å². The number of alkyl halides is 3. The lowest BCUT2D eigenvalue weighted by Gasteiger charge is -2.50. The maximum Gasteiger partial charge on any atom is 0.573 e. The fraction of sp³-hybridized carbons (Fsp3) is 0.667. The van der Waals surface area contributed by atoms with Gasteiger partial charge in [0.05, 0.1) is 11.1 Å². The molecule has 4 rings (SSSR count). The highest BCUT2D eigenvalue weighted by Crippen LogP contribution is 2.63. The number of thioether (sulfide) groups is 1. The summed E-state index contributed by atoms with van der Waals surface area (Å²) in [6.45, 7) is 4.03. The molecule has 32 heavy (non-hydrogen) atoms. The second kappa shape index (κ2) is 8.35. The van der Waals surface area contributed by atoms with E-state index >= 15 is 0 Å². The lowest BCUT2D eigenvalue weighted by atomic mass is 9.57. The van der Waals surface area contributed by atoms with Gasteiger partial charge >= 0.3 is 6.36 Å². The summed E-state index contributed by atoms with van der Waals surface area (Å²) in [6, 6.07) is 4.46. The minimum atomic E-state index is -4.79. The van der Waals surface area contributed by atoms with Gasteiger partial charge in [0.25, 0.3) is 0 Å². The van der Waals surface area contributed by atoms with Crippen molar-refractivity contribution in [3.05, 3.63) is 29.3 Å². The number of Topliss-reactive ketones (excluding diaryl/α,β-unsaturated/α-hetero) is 1. The van der Waals surface area contributed by atoms with Gasteiger partial charge in [-0.25, -0.2) is 0 Å². The van der Waals surface area contributed by atoms with E-state index in [2.05, 4.69) is 4.74 Å². The molecule has 1 aliphatic heterocycles. The molecular weight excluding hydrogens is 439 g/mol. The van der Waals surface area contributed by atoms with Crippen LogP contribution in [-0.2, 0) is 21.5 Å². The highest BCUT2D eigenvalue weighted by atomic mass is 32.2. The minimum absolute atomic E-state index is 0.000790. The Morgan fingerprint density at radius 1 is 1.25 bits per heavy atom. The fourth-order valence-electron chi connectivity index (χ4n) is 6.27. The van der Waals surface area contributed by atoms with Crippen LogP contribution in [0.25, 0.3) is 0 Å². The number of carbonyl (C=O) groups is 1. The number of hydrogen-bond acceptors (Lipinski definition) is 5. The van der Waals surface area contributed by atoms with E-state index in [0.29, 0.717) is 18.4 Å². The molecule has 1 aromatic carbocycles. The fourth-order valence-corrected chi connectivity index (χ4v) is 7.04. The molecule has 2 aliphatic carbocycles. The molecule has 1 saturated carbocycles. The van der Waals surface area contributed by atoms with Gasteiger partial charge in [-0.1, -0.05) is 19.9 Å². The molecule has 2 spiro atoms. The first-order valence-electron chi connectivity index (χ1n) is 11.2. The van der Waals surface area contributed by atoms with E-state index in [1.165, 1.54) is 23.9 Å². The SMILES string of the molecule is CCC1C(=O)C2(N=C(SC)C1C)c1cc(OC(F)(F)F)ccc1CC21CCC(OC)CC1. The number of nitrogens with zero attached hydrogens (tertiary/aromatic N) is 1. The molecule has 1 aromatic rings. The average molecular weight is 470 g/mol. The van der Waals surface area contributed by atoms with Gasteiger partial charge in [0, 0.05) is 24.4 Å². The molecule has 0 N–H and O–H groups in total. The monoisotopic (exact) mass is 469 g/mol. The maximum atomic E-state index is 14.2. The van der Waals surface area contributed by atoms with Gasteiger partial charge in [-0.3, -0.25) is 9.79 Å². The topological polar surface area (TPSA) is 47.9 Å². The van der Waals surface area contributed by atoms with Crippen molar-refractivity contribution in [2.45, 2.75) is 70.4 Å². The smallest absolute Gasteiger partial charge is 0.406 e. The van der Waals surface area contributed by atoms with Crippen LogP contribution in [0.1, 0.15) is 57.1 Å². The number of methoxy groups -OCH3 is 1. The van der Waals surface area contributed by atoms with Crippen LogP contribution < -0.4 is 4.74 Å². The Balaban J connectivity index is 1.92. The molecule has 8 heteroatoms. The van der Waals surface area contributed by atoms with Gasteiger partial charge in [0.1, 0.15) is 5.75 Å². The van der Waals surface area contributed by atoms with E-state index < -0.39 is 17.3 Å². The molecular formula is C24H30F3NO3S. The Morgan fingerprint density at radius 2 is 1.94 bits per heavy atom. The van der Waals surface area contributed by atoms with E-state index in [-0.39, 0.29) is 29.5 Å². The van der Waals surface area contributed by atoms with Crippen molar-refractivity contribution in [2.75, 3.05) is 13.4 Å². The van der Waals surface area contributed by atoms with Crippen molar-refractivity contribution in [1.29, 1.82) is 0 Å². The van der Waals surface area contributed by atoms with Crippen molar-refractivity contribution >= 4 is 22.6 Å². The molecule has 0 bridgehead atoms. The number of rotatable bonds is 3. The van der Waals surface area contributed by atoms with Crippen molar-refractivity contribution < 1.29 is 27.4 Å². The summed E-state index contributed by atoms with van der Waals surface area (Å²) >= 11 is 1.54. The summed E-state index contributed by atoms with van der Waals surface area (Å²) in [7, 11) is 1.70. The van der Waals surface area contributed by atoms with E-state index in [9.17, 15) is 18.0 Å². The molecule has 4 nitrogen and oxygen atoms in total. The van der Waals surface area contributed by atoms with Gasteiger partial charge in [-0.15, -0.1) is 24.9 Å². The Labute approximate surface area is 191 Å². The molecule has 1 heterocycles. The third-order valence-corrected chi connectivity index (χ3v) is 8.72. The Kier molecular flexibility index (Phi) is 6.16. The molecule has 3 unspecified atom stereocenters. The number of ketones is 1. The van der Waals surface area contributed by atoms with Gasteiger partial charge < -0.3 is 9.47 Å². The van der Waals surface area contributed by atoms with Crippen LogP contribution in [0, 0.1) is 17.3 Å². The predicted octanol–water partition coefficient (Wildman–Crippen LogP) is 5.92. The van der Waals surface area contributed by atoms with Crippen molar-refractivity contribution in [2.24, 2.45) is 22.2 Å². The van der Waals surface area contributed by atoms with Crippen molar-refractivity contribution in [3.63, 3.8) is 0 Å². The summed E-state index contributed by atoms with van der Waals surface area (Å²) in [6.07, 6.45) is 1.71. The largest absolute Gasteiger partial charge is 0.573 e. The number of aliphatic imine (C=N–C) groups is 1. The molecule has 0 saturated heterocycles. The number of halogens is 3. The highest BCUT2D eigenvalue weighted by Gasteiger charge is 2.65. The van der Waals surface area contributed by atoms with Crippen LogP contribution in [0.3, 0.4) is 0 Å². The van der Waals surface area contributed by atoms with Crippen LogP contribution in [0.5, 0.6) is 5.75 Å². The first-order chi connectivity index (χ1) is 15.1. The highest BCUT2D eigenvalue weighted by molar-refractivity contribution is 8.13. The minimum Gasteiger partial charge on any atom is -0.406 e. The van der Waals surface area contributed by atoms with Crippen LogP contribution in [-0.4, -0.2) is 36.7 Å². The average Bonchev–Trinajstić information content (AvgIpc) is 3.00. The first kappa shape index (κ1) is 23.6. The third kappa shape index (κ3) is 3.58. The maximum absolute atomic E-state index is 14.2. The lowest BCUT2D eigenvalue weighted by Crippen LogP contribution is -2.56. The second-order valence-electron chi connectivity index (χ2n) is 9.29. The number of hydrogen-bond donors (Lipinski definition) is 0. The summed E-state index contributed by atoms with van der Waals surface area (Å²) < 4.78 is 48.8. The predicted molar refractivity (Wildman–Crippen MR) is 119 cm³/mol. The number of ether oxygens (including phenoxy) is 2. The van der Waals surface area contributed by atoms with Crippen LogP contribution in [0.2, 0.25) is 0 Å². The molecule has 1 fully saturated rings. The van der Waals surface area contributed by atoms with Gasteiger partial charge in [0.15, 0.2) is 11.3 Å². The Bertz CT molecular complexity index is 924. The zero-order valence-corrected chi connectivity index (χ0v) is 19.7. The van der Waals surface area contributed by atoms with Gasteiger partial charge in [-0.2, -0.15) is 0 Å².